The van der Waals surface area contributed by atoms with Crippen LogP contribution in [0.15, 0.2) is 0 Å². The van der Waals surface area contributed by atoms with Gasteiger partial charge in [0.1, 0.15) is 12.2 Å². The molecule has 5 nitrogen and oxygen atoms in total. The largest absolute Gasteiger partial charge is 0.394 e. The minimum atomic E-state index is -0.999. The number of hydrogen-bond donors (Lipinski definition) is 4. The summed E-state index contributed by atoms with van der Waals surface area (Å²) in [6, 6.07) is 0. The van der Waals surface area contributed by atoms with Crippen LogP contribution < -0.4 is 0 Å². The highest BCUT2D eigenvalue weighted by atomic mass is 16.6. The summed E-state index contributed by atoms with van der Waals surface area (Å²) in [5, 5.41) is 40.0. The fourth-order valence-corrected chi connectivity index (χ4v) is 3.69. The Balaban J connectivity index is 5.79. The predicted molar refractivity (Wildman–Crippen MR) is 92.4 cm³/mol. The van der Waals surface area contributed by atoms with Crippen molar-refractivity contribution in [1.29, 1.82) is 0 Å². The molecule has 0 amide bonds. The van der Waals surface area contributed by atoms with Crippen LogP contribution in [0.5, 0.6) is 0 Å². The summed E-state index contributed by atoms with van der Waals surface area (Å²) in [5.41, 5.74) is -1.78. The third-order valence-corrected chi connectivity index (χ3v) is 4.66. The number of aliphatic hydroxyl groups is 4. The SMILES string of the molecule is CCCC(CCC)(OC(CCC)(CCC)C(O)CO)C(O)CO. The highest BCUT2D eigenvalue weighted by Gasteiger charge is 2.47. The van der Waals surface area contributed by atoms with Crippen molar-refractivity contribution >= 4 is 0 Å². The number of aliphatic hydroxyl groups excluding tert-OH is 4. The molecule has 0 aromatic rings. The lowest BCUT2D eigenvalue weighted by atomic mass is 9.81. The molecule has 0 saturated carbocycles. The van der Waals surface area contributed by atoms with Crippen molar-refractivity contribution in [2.24, 2.45) is 0 Å². The molecule has 0 aromatic carbocycles. The van der Waals surface area contributed by atoms with Gasteiger partial charge in [-0.05, 0) is 25.7 Å². The monoisotopic (exact) mass is 334 g/mol. The van der Waals surface area contributed by atoms with E-state index >= 15 is 0 Å². The van der Waals surface area contributed by atoms with Crippen molar-refractivity contribution in [2.75, 3.05) is 13.2 Å². The van der Waals surface area contributed by atoms with Gasteiger partial charge in [-0.15, -0.1) is 0 Å². The molecule has 2 unspecified atom stereocenters. The van der Waals surface area contributed by atoms with Crippen LogP contribution in [0.1, 0.15) is 79.1 Å². The van der Waals surface area contributed by atoms with Crippen LogP contribution in [0.2, 0.25) is 0 Å². The molecule has 0 radical (unpaired) electrons. The van der Waals surface area contributed by atoms with Crippen LogP contribution in [0, 0.1) is 0 Å². The molecule has 0 bridgehead atoms. The summed E-state index contributed by atoms with van der Waals surface area (Å²) in [7, 11) is 0. The second-order valence-corrected chi connectivity index (χ2v) is 6.63. The summed E-state index contributed by atoms with van der Waals surface area (Å²) in [5.74, 6) is 0. The molecular weight excluding hydrogens is 296 g/mol. The Labute approximate surface area is 141 Å². The molecule has 0 rings (SSSR count). The fraction of sp³-hybridized carbons (Fsp3) is 1.00. The maximum absolute atomic E-state index is 10.5. The Morgan fingerprint density at radius 2 is 0.913 bits per heavy atom. The molecule has 2 atom stereocenters. The van der Waals surface area contributed by atoms with E-state index in [2.05, 4.69) is 0 Å². The molecule has 0 aromatic heterocycles. The summed E-state index contributed by atoms with van der Waals surface area (Å²) in [4.78, 5) is 0. The van der Waals surface area contributed by atoms with Crippen LogP contribution in [-0.4, -0.2) is 57.0 Å². The van der Waals surface area contributed by atoms with E-state index in [0.717, 1.165) is 25.7 Å². The van der Waals surface area contributed by atoms with Crippen LogP contribution >= 0.6 is 0 Å². The van der Waals surface area contributed by atoms with Gasteiger partial charge in [0, 0.05) is 0 Å². The van der Waals surface area contributed by atoms with E-state index in [1.54, 1.807) is 0 Å². The Bertz CT molecular complexity index is 255. The van der Waals surface area contributed by atoms with Crippen LogP contribution in [0.4, 0.5) is 0 Å². The van der Waals surface area contributed by atoms with Gasteiger partial charge >= 0.3 is 0 Å². The molecule has 0 aliphatic heterocycles. The first-order valence-corrected chi connectivity index (χ1v) is 9.19. The molecular formula is C18H38O5. The van der Waals surface area contributed by atoms with E-state index in [4.69, 9.17) is 4.74 Å². The van der Waals surface area contributed by atoms with Crippen molar-refractivity contribution in [2.45, 2.75) is 102 Å². The summed E-state index contributed by atoms with van der Waals surface area (Å²) in [6.07, 6.45) is 3.66. The zero-order valence-corrected chi connectivity index (χ0v) is 15.4. The summed E-state index contributed by atoms with van der Waals surface area (Å²) >= 11 is 0. The first-order chi connectivity index (χ1) is 10.9. The topological polar surface area (TPSA) is 90.2 Å². The number of rotatable bonds is 14. The van der Waals surface area contributed by atoms with Crippen LogP contribution in [0.3, 0.4) is 0 Å². The van der Waals surface area contributed by atoms with E-state index in [-0.39, 0.29) is 13.2 Å². The first-order valence-electron chi connectivity index (χ1n) is 9.19. The number of ether oxygens (including phenoxy) is 1. The van der Waals surface area contributed by atoms with E-state index in [1.807, 2.05) is 27.7 Å². The van der Waals surface area contributed by atoms with E-state index < -0.39 is 23.4 Å². The maximum Gasteiger partial charge on any atom is 0.106 e. The lowest BCUT2D eigenvalue weighted by Crippen LogP contribution is -2.58. The standard InChI is InChI=1S/C18H38O5/c1-5-9-17(10-6-2,15(21)13-19)23-18(11-7-3,12-8-4)16(22)14-20/h15-16,19-22H,5-14H2,1-4H3. The minimum Gasteiger partial charge on any atom is -0.394 e. The van der Waals surface area contributed by atoms with Crippen LogP contribution in [0.25, 0.3) is 0 Å². The minimum absolute atomic E-state index is 0.371. The normalized spacial score (nSPS) is 15.7. The molecule has 140 valence electrons. The van der Waals surface area contributed by atoms with Crippen molar-refractivity contribution in [3.05, 3.63) is 0 Å². The highest BCUT2D eigenvalue weighted by molar-refractivity contribution is 4.96. The van der Waals surface area contributed by atoms with Crippen molar-refractivity contribution in [1.82, 2.24) is 0 Å². The quantitative estimate of drug-likeness (QED) is 0.392. The molecule has 0 fully saturated rings. The number of hydrogen-bond acceptors (Lipinski definition) is 5. The highest BCUT2D eigenvalue weighted by Crippen LogP contribution is 2.39. The Hall–Kier alpha value is -0.200. The third-order valence-electron chi connectivity index (χ3n) is 4.66. The smallest absolute Gasteiger partial charge is 0.106 e. The van der Waals surface area contributed by atoms with Crippen molar-refractivity contribution in [3.63, 3.8) is 0 Å². The molecule has 4 N–H and O–H groups in total. The lowest BCUT2D eigenvalue weighted by molar-refractivity contribution is -0.252. The van der Waals surface area contributed by atoms with E-state index in [1.165, 1.54) is 0 Å². The lowest BCUT2D eigenvalue weighted by Gasteiger charge is -2.48. The molecule has 0 spiro atoms. The van der Waals surface area contributed by atoms with Crippen LogP contribution in [-0.2, 0) is 4.74 Å². The molecule has 0 aliphatic rings. The van der Waals surface area contributed by atoms with Crippen molar-refractivity contribution < 1.29 is 25.2 Å². The van der Waals surface area contributed by atoms with Gasteiger partial charge in [0.2, 0.25) is 0 Å². The molecule has 0 heterocycles. The average Bonchev–Trinajstić information content (AvgIpc) is 2.53. The fourth-order valence-electron chi connectivity index (χ4n) is 3.69. The van der Waals surface area contributed by atoms with Gasteiger partial charge in [-0.25, -0.2) is 0 Å². The average molecular weight is 334 g/mol. The summed E-state index contributed by atoms with van der Waals surface area (Å²) < 4.78 is 6.47. The molecule has 5 heteroatoms. The molecule has 0 saturated heterocycles. The van der Waals surface area contributed by atoms with Gasteiger partial charge in [-0.2, -0.15) is 0 Å². The van der Waals surface area contributed by atoms with Gasteiger partial charge in [-0.1, -0.05) is 53.4 Å². The van der Waals surface area contributed by atoms with E-state index in [9.17, 15) is 20.4 Å². The van der Waals surface area contributed by atoms with Gasteiger partial charge < -0.3 is 25.2 Å². The Morgan fingerprint density at radius 1 is 0.652 bits per heavy atom. The third kappa shape index (κ3) is 5.98. The summed E-state index contributed by atoms with van der Waals surface area (Å²) in [6.45, 7) is 7.32. The zero-order chi connectivity index (χ0) is 17.9. The zero-order valence-electron chi connectivity index (χ0n) is 15.4. The van der Waals surface area contributed by atoms with Gasteiger partial charge in [0.25, 0.3) is 0 Å². The predicted octanol–water partition coefficient (Wildman–Crippen LogP) is 2.39. The van der Waals surface area contributed by atoms with Gasteiger partial charge in [0.15, 0.2) is 0 Å². The Morgan fingerprint density at radius 3 is 1.09 bits per heavy atom. The van der Waals surface area contributed by atoms with Crippen molar-refractivity contribution in [3.8, 4) is 0 Å². The second-order valence-electron chi connectivity index (χ2n) is 6.63. The van der Waals surface area contributed by atoms with E-state index in [0.29, 0.717) is 25.7 Å². The molecule has 0 aliphatic carbocycles. The second kappa shape index (κ2) is 11.4. The molecule has 23 heavy (non-hydrogen) atoms. The Kier molecular flexibility index (Phi) is 11.3. The maximum atomic E-state index is 10.5. The first kappa shape index (κ1) is 22.8. The van der Waals surface area contributed by atoms with Gasteiger partial charge in [-0.3, -0.25) is 0 Å². The van der Waals surface area contributed by atoms with Gasteiger partial charge in [0.05, 0.1) is 24.4 Å².